The fourth-order valence-corrected chi connectivity index (χ4v) is 1.31. The third kappa shape index (κ3) is 1.80. The Balaban J connectivity index is 0.000000845. The maximum absolute atomic E-state index is 11.3. The van der Waals surface area contributed by atoms with Gasteiger partial charge in [-0.25, -0.2) is 0 Å². The zero-order valence-electron chi connectivity index (χ0n) is 7.53. The third-order valence-electron chi connectivity index (χ3n) is 1.86. The molecule has 2 aromatic rings. The maximum atomic E-state index is 11.3. The van der Waals surface area contributed by atoms with Crippen molar-refractivity contribution in [2.24, 2.45) is 0 Å². The van der Waals surface area contributed by atoms with Crippen LogP contribution in [0.2, 0.25) is 0 Å². The van der Waals surface area contributed by atoms with Gasteiger partial charge in [-0.15, -0.1) is 0 Å². The van der Waals surface area contributed by atoms with Crippen molar-refractivity contribution in [2.45, 2.75) is 0 Å². The molecule has 0 atom stereocenters. The van der Waals surface area contributed by atoms with Gasteiger partial charge in [0.05, 0.1) is 6.20 Å². The van der Waals surface area contributed by atoms with Gasteiger partial charge in [0.1, 0.15) is 5.52 Å². The molecule has 13 heavy (non-hydrogen) atoms. The molecule has 0 aliphatic rings. The van der Waals surface area contributed by atoms with Crippen LogP contribution in [0.15, 0.2) is 36.5 Å². The van der Waals surface area contributed by atoms with Crippen LogP contribution in [0.4, 0.5) is 0 Å². The van der Waals surface area contributed by atoms with E-state index >= 15 is 0 Å². The molecule has 0 spiro atoms. The molecule has 60 valence electrons. The van der Waals surface area contributed by atoms with Crippen LogP contribution in [0, 0.1) is 7.05 Å². The van der Waals surface area contributed by atoms with E-state index in [0.717, 1.165) is 5.39 Å². The number of hydrogen-bond acceptors (Lipinski definition) is 1. The second kappa shape index (κ2) is 4.01. The summed E-state index contributed by atoms with van der Waals surface area (Å²) in [6.45, 7) is 0. The standard InChI is InChI=1S/C10H9NO.Na/c1-11-7-3-5-8-4-2-6-9(12)10(8)11;/h2-7,12H,1H2;/q;+1/p-1. The molecule has 1 heterocycles. The SMILES string of the molecule is [CH2-][n+]1cccc2cccc([O-])c21.[Na+]. The van der Waals surface area contributed by atoms with E-state index in [0.29, 0.717) is 5.52 Å². The van der Waals surface area contributed by atoms with Crippen LogP contribution in [0.3, 0.4) is 0 Å². The van der Waals surface area contributed by atoms with Crippen molar-refractivity contribution in [3.8, 4) is 5.75 Å². The first kappa shape index (κ1) is 10.4. The summed E-state index contributed by atoms with van der Waals surface area (Å²) in [7, 11) is 3.73. The molecule has 0 unspecified atom stereocenters. The zero-order chi connectivity index (χ0) is 8.55. The Labute approximate surface area is 99.1 Å². The second-order valence-electron chi connectivity index (χ2n) is 2.67. The maximum Gasteiger partial charge on any atom is 1.00 e. The largest absolute Gasteiger partial charge is 1.00 e. The fraction of sp³-hybridized carbons (Fsp3) is 0. The van der Waals surface area contributed by atoms with E-state index in [1.807, 2.05) is 18.2 Å². The van der Waals surface area contributed by atoms with Crippen molar-refractivity contribution in [2.75, 3.05) is 0 Å². The van der Waals surface area contributed by atoms with Crippen LogP contribution in [-0.2, 0) is 0 Å². The molecular formula is C10H8NNaO. The molecule has 2 nitrogen and oxygen atoms in total. The summed E-state index contributed by atoms with van der Waals surface area (Å²) in [4.78, 5) is 0. The molecule has 0 aliphatic carbocycles. The first-order valence-corrected chi connectivity index (χ1v) is 3.70. The summed E-state index contributed by atoms with van der Waals surface area (Å²) in [5.41, 5.74) is 0.653. The van der Waals surface area contributed by atoms with Gasteiger partial charge in [-0.05, 0) is 5.39 Å². The molecule has 0 saturated carbocycles. The molecule has 1 aromatic carbocycles. The summed E-state index contributed by atoms with van der Waals surface area (Å²) in [6.07, 6.45) is 1.77. The molecular weight excluding hydrogens is 173 g/mol. The average Bonchev–Trinajstić information content (AvgIpc) is 2.04. The summed E-state index contributed by atoms with van der Waals surface area (Å²) in [6, 6.07) is 8.97. The average molecular weight is 181 g/mol. The predicted octanol–water partition coefficient (Wildman–Crippen LogP) is -2.16. The first-order chi connectivity index (χ1) is 5.79. The monoisotopic (exact) mass is 181 g/mol. The van der Waals surface area contributed by atoms with E-state index in [4.69, 9.17) is 0 Å². The fourth-order valence-electron chi connectivity index (χ4n) is 1.31. The Bertz CT molecular complexity index is 391. The van der Waals surface area contributed by atoms with E-state index in [1.54, 1.807) is 22.9 Å². The normalized spacial score (nSPS) is 9.54. The third-order valence-corrected chi connectivity index (χ3v) is 1.86. The minimum atomic E-state index is 0. The molecule has 0 bridgehead atoms. The number of benzene rings is 1. The Hall–Kier alpha value is -0.700. The van der Waals surface area contributed by atoms with Gasteiger partial charge in [0.25, 0.3) is 0 Å². The van der Waals surface area contributed by atoms with E-state index in [9.17, 15) is 5.11 Å². The quantitative estimate of drug-likeness (QED) is 0.258. The molecule has 0 saturated heterocycles. The molecule has 2 rings (SSSR count). The van der Waals surface area contributed by atoms with Crippen LogP contribution in [0.5, 0.6) is 5.75 Å². The van der Waals surface area contributed by atoms with E-state index in [1.165, 1.54) is 0 Å². The van der Waals surface area contributed by atoms with Crippen molar-refractivity contribution >= 4 is 10.9 Å². The summed E-state index contributed by atoms with van der Waals surface area (Å²) in [5.74, 6) is 0.0168. The van der Waals surface area contributed by atoms with Crippen LogP contribution in [0.1, 0.15) is 0 Å². The van der Waals surface area contributed by atoms with Crippen LogP contribution in [0.25, 0.3) is 10.9 Å². The Morgan fingerprint density at radius 1 is 1.15 bits per heavy atom. The van der Waals surface area contributed by atoms with Crippen molar-refractivity contribution in [1.82, 2.24) is 0 Å². The van der Waals surface area contributed by atoms with Crippen molar-refractivity contribution in [1.29, 1.82) is 0 Å². The Morgan fingerprint density at radius 2 is 1.85 bits per heavy atom. The number of nitrogens with zero attached hydrogens (tertiary/aromatic N) is 1. The number of pyridine rings is 1. The first-order valence-electron chi connectivity index (χ1n) is 3.70. The topological polar surface area (TPSA) is 26.9 Å². The summed E-state index contributed by atoms with van der Waals surface area (Å²) in [5, 5.41) is 12.3. The van der Waals surface area contributed by atoms with Gasteiger partial charge in [-0.2, -0.15) is 0 Å². The number of fused-ring (bicyclic) bond motifs is 1. The Morgan fingerprint density at radius 3 is 2.54 bits per heavy atom. The molecule has 1 aromatic heterocycles. The molecule has 0 radical (unpaired) electrons. The molecule has 3 heteroatoms. The number of para-hydroxylation sites is 1. The molecule has 0 fully saturated rings. The van der Waals surface area contributed by atoms with Gasteiger partial charge in [0.15, 0.2) is 0 Å². The van der Waals surface area contributed by atoms with Gasteiger partial charge in [-0.3, -0.25) is 0 Å². The van der Waals surface area contributed by atoms with Crippen molar-refractivity contribution < 1.29 is 39.2 Å². The smallest absolute Gasteiger partial charge is 0.877 e. The predicted molar refractivity (Wildman–Crippen MR) is 44.3 cm³/mol. The van der Waals surface area contributed by atoms with E-state index < -0.39 is 0 Å². The van der Waals surface area contributed by atoms with Crippen LogP contribution in [-0.4, -0.2) is 0 Å². The minimum Gasteiger partial charge on any atom is -0.877 e. The van der Waals surface area contributed by atoms with E-state index in [-0.39, 0.29) is 35.3 Å². The molecule has 0 amide bonds. The summed E-state index contributed by atoms with van der Waals surface area (Å²) < 4.78 is 1.59. The number of aromatic nitrogens is 1. The van der Waals surface area contributed by atoms with Crippen molar-refractivity contribution in [3.05, 3.63) is 43.6 Å². The molecule has 0 aliphatic heterocycles. The minimum absolute atomic E-state index is 0. The number of hydrogen-bond donors (Lipinski definition) is 0. The second-order valence-corrected chi connectivity index (χ2v) is 2.67. The van der Waals surface area contributed by atoms with Gasteiger partial charge in [0.2, 0.25) is 0 Å². The number of rotatable bonds is 0. The van der Waals surface area contributed by atoms with Gasteiger partial charge >= 0.3 is 29.6 Å². The van der Waals surface area contributed by atoms with Crippen LogP contribution >= 0.6 is 0 Å². The summed E-state index contributed by atoms with van der Waals surface area (Å²) >= 11 is 0. The van der Waals surface area contributed by atoms with E-state index in [2.05, 4.69) is 7.05 Å². The molecule has 0 N–H and O–H groups in total. The zero-order valence-corrected chi connectivity index (χ0v) is 9.53. The van der Waals surface area contributed by atoms with Gasteiger partial charge in [0, 0.05) is 7.05 Å². The van der Waals surface area contributed by atoms with Gasteiger partial charge < -0.3 is 9.67 Å². The Kier molecular flexibility index (Phi) is 3.20. The van der Waals surface area contributed by atoms with Crippen LogP contribution < -0.4 is 39.2 Å². The van der Waals surface area contributed by atoms with Gasteiger partial charge in [-0.1, -0.05) is 36.1 Å². The van der Waals surface area contributed by atoms with Crippen molar-refractivity contribution in [3.63, 3.8) is 0 Å².